The Kier molecular flexibility index (Phi) is 8.13. The van der Waals surface area contributed by atoms with Gasteiger partial charge in [0.1, 0.15) is 0 Å². The zero-order valence-electron chi connectivity index (χ0n) is 18.5. The molecule has 1 aliphatic heterocycles. The van der Waals surface area contributed by atoms with Crippen LogP contribution in [0.15, 0.2) is 35.3 Å². The topological polar surface area (TPSA) is 74.2 Å². The van der Waals surface area contributed by atoms with Gasteiger partial charge in [-0.15, -0.1) is 0 Å². The monoisotopic (exact) mass is 436 g/mol. The number of piperazine rings is 1. The first-order valence-corrected chi connectivity index (χ1v) is 12.7. The van der Waals surface area contributed by atoms with Crippen LogP contribution in [-0.4, -0.2) is 81.3 Å². The average molecular weight is 437 g/mol. The van der Waals surface area contributed by atoms with Gasteiger partial charge in [-0.1, -0.05) is 30.3 Å². The van der Waals surface area contributed by atoms with Crippen molar-refractivity contribution in [1.29, 1.82) is 0 Å². The van der Waals surface area contributed by atoms with Crippen molar-refractivity contribution < 1.29 is 13.2 Å². The van der Waals surface area contributed by atoms with Gasteiger partial charge in [-0.25, -0.2) is 8.42 Å². The van der Waals surface area contributed by atoms with Crippen LogP contribution in [0.1, 0.15) is 38.7 Å². The fraction of sp³-hybridized carbons (Fsp3) is 0.682. The maximum atomic E-state index is 12.5. The van der Waals surface area contributed by atoms with Crippen molar-refractivity contribution in [2.45, 2.75) is 39.2 Å². The lowest BCUT2D eigenvalue weighted by molar-refractivity contribution is 0.0904. The molecular weight excluding hydrogens is 400 g/mol. The van der Waals surface area contributed by atoms with E-state index in [1.807, 2.05) is 13.8 Å². The predicted octanol–water partition coefficient (Wildman–Crippen LogP) is 2.13. The van der Waals surface area contributed by atoms with Gasteiger partial charge in [0.15, 0.2) is 5.96 Å². The van der Waals surface area contributed by atoms with E-state index < -0.39 is 10.0 Å². The summed E-state index contributed by atoms with van der Waals surface area (Å²) in [4.78, 5) is 7.06. The van der Waals surface area contributed by atoms with Crippen LogP contribution in [0.3, 0.4) is 0 Å². The first-order valence-electron chi connectivity index (χ1n) is 11.1. The molecule has 0 amide bonds. The molecule has 0 radical (unpaired) electrons. The third-order valence-corrected chi connectivity index (χ3v) is 7.52. The fourth-order valence-electron chi connectivity index (χ4n) is 3.88. The van der Waals surface area contributed by atoms with E-state index in [2.05, 4.69) is 47.5 Å². The molecule has 2 aliphatic rings. The Morgan fingerprint density at radius 2 is 1.90 bits per heavy atom. The van der Waals surface area contributed by atoms with Gasteiger partial charge in [-0.05, 0) is 44.6 Å². The second kappa shape index (κ2) is 10.6. The molecule has 1 saturated heterocycles. The van der Waals surface area contributed by atoms with Gasteiger partial charge < -0.3 is 15.0 Å². The lowest BCUT2D eigenvalue weighted by Gasteiger charge is -2.36. The summed E-state index contributed by atoms with van der Waals surface area (Å²) in [5.74, 6) is 2.16. The van der Waals surface area contributed by atoms with Gasteiger partial charge in [-0.3, -0.25) is 4.99 Å². The molecule has 1 aliphatic carbocycles. The number of sulfonamides is 1. The highest BCUT2D eigenvalue weighted by molar-refractivity contribution is 7.89. The van der Waals surface area contributed by atoms with Gasteiger partial charge in [-0.2, -0.15) is 4.31 Å². The van der Waals surface area contributed by atoms with Gasteiger partial charge in [0.2, 0.25) is 10.0 Å². The van der Waals surface area contributed by atoms with Crippen LogP contribution < -0.4 is 5.32 Å². The number of guanidine groups is 1. The largest absolute Gasteiger partial charge is 0.378 e. The van der Waals surface area contributed by atoms with E-state index in [0.29, 0.717) is 38.0 Å². The Hall–Kier alpha value is -1.64. The van der Waals surface area contributed by atoms with Crippen LogP contribution in [0.4, 0.5) is 0 Å². The normalized spacial score (nSPS) is 23.1. The molecule has 1 saturated carbocycles. The number of ether oxygens (including phenoxy) is 1. The molecule has 8 heteroatoms. The SMILES string of the molecule is CCNC(=NCC1CC1c1ccccc1)N1CCN(S(=O)(=O)CCOC(C)C)CC1. The summed E-state index contributed by atoms with van der Waals surface area (Å²) in [7, 11) is -3.27. The molecule has 2 atom stereocenters. The Morgan fingerprint density at radius 1 is 1.20 bits per heavy atom. The van der Waals surface area contributed by atoms with Crippen molar-refractivity contribution in [3.05, 3.63) is 35.9 Å². The highest BCUT2D eigenvalue weighted by atomic mass is 32.2. The summed E-state index contributed by atoms with van der Waals surface area (Å²) >= 11 is 0. The van der Waals surface area contributed by atoms with E-state index in [-0.39, 0.29) is 18.5 Å². The first-order chi connectivity index (χ1) is 14.4. The van der Waals surface area contributed by atoms with Gasteiger partial charge in [0, 0.05) is 39.3 Å². The Morgan fingerprint density at radius 3 is 2.53 bits per heavy atom. The number of nitrogens with zero attached hydrogens (tertiary/aromatic N) is 3. The van der Waals surface area contributed by atoms with E-state index in [1.165, 1.54) is 12.0 Å². The van der Waals surface area contributed by atoms with Crippen LogP contribution in [0.5, 0.6) is 0 Å². The molecule has 1 aromatic carbocycles. The minimum Gasteiger partial charge on any atom is -0.378 e. The number of rotatable bonds is 9. The molecule has 1 heterocycles. The summed E-state index contributed by atoms with van der Waals surface area (Å²) in [5, 5.41) is 3.38. The molecule has 1 N–H and O–H groups in total. The molecule has 0 bridgehead atoms. The number of benzene rings is 1. The third-order valence-electron chi connectivity index (χ3n) is 5.68. The fourth-order valence-corrected chi connectivity index (χ4v) is 5.17. The maximum absolute atomic E-state index is 12.5. The van der Waals surface area contributed by atoms with Crippen molar-refractivity contribution in [3.8, 4) is 0 Å². The van der Waals surface area contributed by atoms with Crippen molar-refractivity contribution in [3.63, 3.8) is 0 Å². The smallest absolute Gasteiger partial charge is 0.216 e. The number of hydrogen-bond donors (Lipinski definition) is 1. The molecule has 168 valence electrons. The zero-order valence-corrected chi connectivity index (χ0v) is 19.3. The van der Waals surface area contributed by atoms with Crippen LogP contribution in [0.2, 0.25) is 0 Å². The lowest BCUT2D eigenvalue weighted by atomic mass is 10.1. The number of hydrogen-bond acceptors (Lipinski definition) is 4. The maximum Gasteiger partial charge on any atom is 0.216 e. The summed E-state index contributed by atoms with van der Waals surface area (Å²) in [6.45, 7) is 10.0. The molecular formula is C22H36N4O3S. The van der Waals surface area contributed by atoms with Crippen LogP contribution in [0.25, 0.3) is 0 Å². The number of aliphatic imine (C=N–C) groups is 1. The molecule has 2 fully saturated rings. The minimum atomic E-state index is -3.27. The van der Waals surface area contributed by atoms with Crippen molar-refractivity contribution in [2.24, 2.45) is 10.9 Å². The standard InChI is InChI=1S/C22H36N4O3S/c1-4-23-22(24-17-20-16-21(20)19-8-6-5-7-9-19)25-10-12-26(13-11-25)30(27,28)15-14-29-18(2)3/h5-9,18,20-21H,4,10-17H2,1-3H3,(H,23,24). The van der Waals surface area contributed by atoms with Gasteiger partial charge >= 0.3 is 0 Å². The highest BCUT2D eigenvalue weighted by Gasteiger charge is 2.38. The van der Waals surface area contributed by atoms with E-state index in [1.54, 1.807) is 4.31 Å². The average Bonchev–Trinajstić information content (AvgIpc) is 3.51. The summed E-state index contributed by atoms with van der Waals surface area (Å²) in [6.07, 6.45) is 1.24. The number of nitrogens with one attached hydrogen (secondary N) is 1. The summed E-state index contributed by atoms with van der Waals surface area (Å²) < 4.78 is 32.1. The second-order valence-corrected chi connectivity index (χ2v) is 10.4. The van der Waals surface area contributed by atoms with Crippen LogP contribution in [0, 0.1) is 5.92 Å². The Labute approximate surface area is 181 Å². The summed E-state index contributed by atoms with van der Waals surface area (Å²) in [6, 6.07) is 10.7. The Bertz CT molecular complexity index is 790. The lowest BCUT2D eigenvalue weighted by Crippen LogP contribution is -2.54. The van der Waals surface area contributed by atoms with E-state index in [0.717, 1.165) is 19.0 Å². The highest BCUT2D eigenvalue weighted by Crippen LogP contribution is 2.47. The van der Waals surface area contributed by atoms with Crippen LogP contribution in [-0.2, 0) is 14.8 Å². The molecule has 0 spiro atoms. The first kappa shape index (κ1) is 23.0. The zero-order chi connectivity index (χ0) is 21.6. The molecule has 3 rings (SSSR count). The second-order valence-electron chi connectivity index (χ2n) is 8.33. The van der Waals surface area contributed by atoms with Crippen molar-refractivity contribution in [1.82, 2.24) is 14.5 Å². The van der Waals surface area contributed by atoms with E-state index in [9.17, 15) is 8.42 Å². The third kappa shape index (κ3) is 6.43. The van der Waals surface area contributed by atoms with E-state index in [4.69, 9.17) is 9.73 Å². The summed E-state index contributed by atoms with van der Waals surface area (Å²) in [5.41, 5.74) is 1.41. The van der Waals surface area contributed by atoms with Crippen molar-refractivity contribution in [2.75, 3.05) is 51.6 Å². The van der Waals surface area contributed by atoms with Crippen molar-refractivity contribution >= 4 is 16.0 Å². The van der Waals surface area contributed by atoms with Crippen LogP contribution >= 0.6 is 0 Å². The minimum absolute atomic E-state index is 0.0435. The predicted molar refractivity (Wildman–Crippen MR) is 121 cm³/mol. The van der Waals surface area contributed by atoms with E-state index >= 15 is 0 Å². The molecule has 7 nitrogen and oxygen atoms in total. The molecule has 30 heavy (non-hydrogen) atoms. The van der Waals surface area contributed by atoms with Gasteiger partial charge in [0.25, 0.3) is 0 Å². The van der Waals surface area contributed by atoms with Gasteiger partial charge in [0.05, 0.1) is 18.5 Å². The molecule has 0 aromatic heterocycles. The molecule has 2 unspecified atom stereocenters. The quantitative estimate of drug-likeness (QED) is 0.474. The Balaban J connectivity index is 1.50. The molecule has 1 aromatic rings.